The molecule has 1 aliphatic carbocycles. The van der Waals surface area contributed by atoms with Gasteiger partial charge in [0.2, 0.25) is 5.82 Å². The number of hydrogen-bond donors (Lipinski definition) is 0. The average molecular weight is 440 g/mol. The quantitative estimate of drug-likeness (QED) is 0.723. The molecule has 2 fully saturated rings. The molecule has 0 radical (unpaired) electrons. The van der Waals surface area contributed by atoms with E-state index in [-0.39, 0.29) is 24.3 Å². The maximum absolute atomic E-state index is 12.9. The van der Waals surface area contributed by atoms with Crippen LogP contribution in [0.1, 0.15) is 49.7 Å². The third kappa shape index (κ3) is 3.97. The Kier molecular flexibility index (Phi) is 5.82. The van der Waals surface area contributed by atoms with Gasteiger partial charge in [0, 0.05) is 44.3 Å². The van der Waals surface area contributed by atoms with Gasteiger partial charge in [-0.25, -0.2) is 0 Å². The van der Waals surface area contributed by atoms with E-state index in [2.05, 4.69) is 15.0 Å². The Labute approximate surface area is 187 Å². The molecular formula is C23H29N5O4. The third-order valence-electron chi connectivity index (χ3n) is 6.78. The van der Waals surface area contributed by atoms with Crippen LogP contribution in [-0.4, -0.2) is 77.1 Å². The van der Waals surface area contributed by atoms with Crippen molar-refractivity contribution in [1.29, 1.82) is 0 Å². The number of ether oxygens (including phenoxy) is 1. The van der Waals surface area contributed by atoms with E-state index in [0.717, 1.165) is 18.8 Å². The first-order valence-electron chi connectivity index (χ1n) is 11.6. The van der Waals surface area contributed by atoms with E-state index in [0.29, 0.717) is 42.8 Å². The summed E-state index contributed by atoms with van der Waals surface area (Å²) in [6.45, 7) is 5.66. The lowest BCUT2D eigenvalue weighted by Crippen LogP contribution is -2.52. The van der Waals surface area contributed by atoms with Gasteiger partial charge in [-0.2, -0.15) is 4.98 Å². The van der Waals surface area contributed by atoms with E-state index in [9.17, 15) is 9.59 Å². The zero-order valence-electron chi connectivity index (χ0n) is 18.5. The van der Waals surface area contributed by atoms with Crippen LogP contribution in [0.3, 0.4) is 0 Å². The van der Waals surface area contributed by atoms with E-state index in [1.54, 1.807) is 15.9 Å². The molecule has 5 rings (SSSR count). The van der Waals surface area contributed by atoms with E-state index < -0.39 is 0 Å². The molecule has 9 nitrogen and oxygen atoms in total. The summed E-state index contributed by atoms with van der Waals surface area (Å²) in [6.07, 6.45) is 6.52. The number of benzene rings is 1. The Balaban J connectivity index is 1.25. The van der Waals surface area contributed by atoms with Gasteiger partial charge in [-0.3, -0.25) is 14.5 Å². The molecular weight excluding hydrogens is 410 g/mol. The molecule has 0 bridgehead atoms. The first kappa shape index (κ1) is 20.9. The second-order valence-corrected chi connectivity index (χ2v) is 8.65. The molecule has 3 heterocycles. The zero-order chi connectivity index (χ0) is 22.1. The van der Waals surface area contributed by atoms with Gasteiger partial charge in [0.05, 0.1) is 5.69 Å². The number of fused-ring (bicyclic) bond motifs is 1. The monoisotopic (exact) mass is 439 g/mol. The maximum Gasteiger partial charge on any atom is 0.316 e. The molecule has 2 amide bonds. The maximum atomic E-state index is 12.9. The van der Waals surface area contributed by atoms with Crippen molar-refractivity contribution in [2.45, 2.75) is 45.1 Å². The number of rotatable bonds is 4. The molecule has 1 saturated heterocycles. The Morgan fingerprint density at radius 1 is 1.12 bits per heavy atom. The summed E-state index contributed by atoms with van der Waals surface area (Å²) in [5.41, 5.74) is 1.40. The van der Waals surface area contributed by atoms with Crippen LogP contribution in [0, 0.1) is 0 Å². The number of aromatic nitrogens is 2. The van der Waals surface area contributed by atoms with Gasteiger partial charge in [-0.1, -0.05) is 24.4 Å². The lowest BCUT2D eigenvalue weighted by molar-refractivity contribution is -0.121. The number of piperazine rings is 1. The Bertz CT molecular complexity index is 992. The van der Waals surface area contributed by atoms with Crippen molar-refractivity contribution in [1.82, 2.24) is 19.9 Å². The molecule has 0 unspecified atom stereocenters. The van der Waals surface area contributed by atoms with Crippen LogP contribution in [0.4, 0.5) is 5.69 Å². The highest BCUT2D eigenvalue weighted by atomic mass is 16.5. The Morgan fingerprint density at radius 3 is 2.66 bits per heavy atom. The van der Waals surface area contributed by atoms with E-state index in [4.69, 9.17) is 9.26 Å². The molecule has 9 heteroatoms. The van der Waals surface area contributed by atoms with Crippen LogP contribution >= 0.6 is 0 Å². The molecule has 2 aliphatic heterocycles. The molecule has 0 atom stereocenters. The number of nitrogens with zero attached hydrogens (tertiary/aromatic N) is 5. The van der Waals surface area contributed by atoms with Crippen molar-refractivity contribution in [2.75, 3.05) is 44.2 Å². The highest BCUT2D eigenvalue weighted by Crippen LogP contribution is 2.35. The van der Waals surface area contributed by atoms with Crippen molar-refractivity contribution in [2.24, 2.45) is 0 Å². The topological polar surface area (TPSA) is 92.0 Å². The minimum absolute atomic E-state index is 0.00705. The second kappa shape index (κ2) is 8.90. The van der Waals surface area contributed by atoms with Gasteiger partial charge in [-0.15, -0.1) is 0 Å². The van der Waals surface area contributed by atoms with Crippen molar-refractivity contribution < 1.29 is 18.8 Å². The van der Waals surface area contributed by atoms with Crippen LogP contribution in [0.15, 0.2) is 22.7 Å². The minimum atomic E-state index is -0.219. The van der Waals surface area contributed by atoms with Crippen LogP contribution in [-0.2, 0) is 4.79 Å². The fraction of sp³-hybridized carbons (Fsp3) is 0.565. The van der Waals surface area contributed by atoms with Crippen LogP contribution < -0.4 is 9.64 Å². The van der Waals surface area contributed by atoms with Gasteiger partial charge >= 0.3 is 11.8 Å². The fourth-order valence-corrected chi connectivity index (χ4v) is 4.99. The summed E-state index contributed by atoms with van der Waals surface area (Å²) in [5.74, 6) is 0.656. The summed E-state index contributed by atoms with van der Waals surface area (Å²) in [4.78, 5) is 35.3. The summed E-state index contributed by atoms with van der Waals surface area (Å²) in [5, 5.41) is 4.01. The van der Waals surface area contributed by atoms with Gasteiger partial charge in [0.1, 0.15) is 5.75 Å². The third-order valence-corrected chi connectivity index (χ3v) is 6.78. The number of anilines is 1. The Morgan fingerprint density at radius 2 is 1.91 bits per heavy atom. The number of carbonyl (C=O) groups excluding carboxylic acids is 2. The molecule has 2 aromatic rings. The SMILES string of the molecule is CCN1C(=O)COc2cc(-c3noc(C(=O)N4CCN(C5CCCCC5)CC4)n3)ccc21. The van der Waals surface area contributed by atoms with Gasteiger partial charge < -0.3 is 19.1 Å². The van der Waals surface area contributed by atoms with E-state index >= 15 is 0 Å². The molecule has 1 saturated carbocycles. The van der Waals surface area contributed by atoms with Gasteiger partial charge in [0.15, 0.2) is 6.61 Å². The molecule has 3 aliphatic rings. The zero-order valence-corrected chi connectivity index (χ0v) is 18.5. The predicted octanol–water partition coefficient (Wildman–Crippen LogP) is 2.57. The van der Waals surface area contributed by atoms with Gasteiger partial charge in [0.25, 0.3) is 5.91 Å². The van der Waals surface area contributed by atoms with Crippen molar-refractivity contribution >= 4 is 17.5 Å². The largest absolute Gasteiger partial charge is 0.482 e. The first-order valence-corrected chi connectivity index (χ1v) is 11.6. The highest BCUT2D eigenvalue weighted by molar-refractivity contribution is 5.98. The van der Waals surface area contributed by atoms with Gasteiger partial charge in [-0.05, 0) is 38.0 Å². The molecule has 1 aromatic heterocycles. The summed E-state index contributed by atoms with van der Waals surface area (Å²) < 4.78 is 10.9. The van der Waals surface area contributed by atoms with Crippen molar-refractivity contribution in [3.63, 3.8) is 0 Å². The molecule has 32 heavy (non-hydrogen) atoms. The standard InChI is InChI=1S/C23H29N5O4/c1-2-28-18-9-8-16(14-19(18)31-15-20(28)29)21-24-22(32-25-21)23(30)27-12-10-26(11-13-27)17-6-4-3-5-7-17/h8-9,14,17H,2-7,10-13,15H2,1H3. The molecule has 0 N–H and O–H groups in total. The van der Waals surface area contributed by atoms with E-state index in [1.807, 2.05) is 19.1 Å². The van der Waals surface area contributed by atoms with Crippen LogP contribution in [0.5, 0.6) is 5.75 Å². The Hall–Kier alpha value is -2.94. The molecule has 1 aromatic carbocycles. The summed E-state index contributed by atoms with van der Waals surface area (Å²) in [6, 6.07) is 6.08. The number of carbonyl (C=O) groups is 2. The van der Waals surface area contributed by atoms with Crippen LogP contribution in [0.25, 0.3) is 11.4 Å². The van der Waals surface area contributed by atoms with Crippen molar-refractivity contribution in [3.8, 4) is 17.1 Å². The predicted molar refractivity (Wildman–Crippen MR) is 118 cm³/mol. The fourth-order valence-electron chi connectivity index (χ4n) is 4.99. The smallest absolute Gasteiger partial charge is 0.316 e. The second-order valence-electron chi connectivity index (χ2n) is 8.65. The average Bonchev–Trinajstić information content (AvgIpc) is 3.34. The first-order chi connectivity index (χ1) is 15.6. The lowest BCUT2D eigenvalue weighted by atomic mass is 9.94. The molecule has 0 spiro atoms. The summed E-state index contributed by atoms with van der Waals surface area (Å²) in [7, 11) is 0. The number of hydrogen-bond acceptors (Lipinski definition) is 7. The minimum Gasteiger partial charge on any atom is -0.482 e. The normalized spacial score (nSPS) is 20.2. The van der Waals surface area contributed by atoms with E-state index in [1.165, 1.54) is 32.1 Å². The lowest BCUT2D eigenvalue weighted by Gasteiger charge is -2.40. The molecule has 170 valence electrons. The van der Waals surface area contributed by atoms with Crippen molar-refractivity contribution in [3.05, 3.63) is 24.1 Å². The number of amides is 2. The number of likely N-dealkylation sites (N-methyl/N-ethyl adjacent to an activating group) is 1. The van der Waals surface area contributed by atoms with Crippen LogP contribution in [0.2, 0.25) is 0 Å². The highest BCUT2D eigenvalue weighted by Gasteiger charge is 2.30. The summed E-state index contributed by atoms with van der Waals surface area (Å²) >= 11 is 0.